The maximum absolute atomic E-state index is 12.8. The molecule has 4 rings (SSSR count). The van der Waals surface area contributed by atoms with Crippen LogP contribution < -0.4 is 5.56 Å². The largest absolute Gasteiger partial charge is 0.343 e. The summed E-state index contributed by atoms with van der Waals surface area (Å²) in [5.41, 5.74) is 2.35. The van der Waals surface area contributed by atoms with Crippen LogP contribution in [0.5, 0.6) is 0 Å². The minimum Gasteiger partial charge on any atom is -0.343 e. The van der Waals surface area contributed by atoms with Crippen LogP contribution in [-0.4, -0.2) is 14.3 Å². The molecule has 0 spiro atoms. The number of thiophene rings is 1. The fourth-order valence-electron chi connectivity index (χ4n) is 2.85. The predicted octanol–water partition coefficient (Wildman–Crippen LogP) is 3.85. The van der Waals surface area contributed by atoms with Crippen LogP contribution >= 0.6 is 11.3 Å². The first-order valence-corrected chi connectivity index (χ1v) is 8.19. The molecule has 0 fully saturated rings. The summed E-state index contributed by atoms with van der Waals surface area (Å²) in [5, 5.41) is 6.43. The molecule has 0 N–H and O–H groups in total. The Bertz CT molecular complexity index is 1050. The van der Waals surface area contributed by atoms with E-state index in [0.717, 1.165) is 26.5 Å². The van der Waals surface area contributed by atoms with Crippen molar-refractivity contribution in [2.75, 3.05) is 0 Å². The van der Waals surface area contributed by atoms with Crippen LogP contribution in [0.25, 0.3) is 27.2 Å². The summed E-state index contributed by atoms with van der Waals surface area (Å²) in [4.78, 5) is 14.0. The lowest BCUT2D eigenvalue weighted by Crippen LogP contribution is -2.14. The molecule has 114 valence electrons. The molecule has 2 aromatic rings. The summed E-state index contributed by atoms with van der Waals surface area (Å²) in [6.07, 6.45) is 3.71. The minimum absolute atomic E-state index is 0.0783. The molecule has 0 saturated heterocycles. The van der Waals surface area contributed by atoms with Gasteiger partial charge < -0.3 is 4.57 Å². The molecule has 23 heavy (non-hydrogen) atoms. The van der Waals surface area contributed by atoms with Crippen molar-refractivity contribution in [2.45, 2.75) is 13.5 Å². The molecule has 0 unspecified atom stereocenters. The number of allylic oxidation sites excluding steroid dienone is 1. The van der Waals surface area contributed by atoms with E-state index < -0.39 is 0 Å². The molecule has 3 heterocycles. The van der Waals surface area contributed by atoms with Crippen LogP contribution in [0.15, 0.2) is 60.0 Å². The van der Waals surface area contributed by atoms with Gasteiger partial charge in [0.25, 0.3) is 5.56 Å². The zero-order chi connectivity index (χ0) is 16.0. The Morgan fingerprint density at radius 2 is 2.09 bits per heavy atom. The van der Waals surface area contributed by atoms with E-state index in [1.54, 1.807) is 11.3 Å². The molecule has 0 amide bonds. The molecule has 0 saturated carbocycles. The van der Waals surface area contributed by atoms with Gasteiger partial charge >= 0.3 is 0 Å². The molecule has 0 aliphatic carbocycles. The standard InChI is InChI=1S/C18H15N3OS/c1-3-10-20-11-14-17(13-6-4-5-7-15(13)20)19-21(18(14)22)16-9-8-12(2)23-16/h3-9,11H,1,10H2,2H3. The molecule has 4 nitrogen and oxygen atoms in total. The quantitative estimate of drug-likeness (QED) is 0.538. The van der Waals surface area contributed by atoms with E-state index in [1.165, 1.54) is 4.68 Å². The number of nitrogens with zero attached hydrogens (tertiary/aromatic N) is 3. The van der Waals surface area contributed by atoms with Crippen molar-refractivity contribution >= 4 is 22.2 Å². The van der Waals surface area contributed by atoms with Gasteiger partial charge in [0, 0.05) is 23.0 Å². The Balaban J connectivity index is 2.09. The first-order valence-electron chi connectivity index (χ1n) is 7.37. The van der Waals surface area contributed by atoms with Gasteiger partial charge in [0.05, 0.1) is 11.1 Å². The monoisotopic (exact) mass is 321 g/mol. The van der Waals surface area contributed by atoms with Crippen molar-refractivity contribution in [1.29, 1.82) is 0 Å². The summed E-state index contributed by atoms with van der Waals surface area (Å²) in [6.45, 7) is 6.48. The molecule has 0 atom stereocenters. The highest BCUT2D eigenvalue weighted by Gasteiger charge is 2.20. The van der Waals surface area contributed by atoms with Gasteiger partial charge in [-0.25, -0.2) is 0 Å². The number of aryl methyl sites for hydroxylation is 1. The molecule has 0 bridgehead atoms. The molecular weight excluding hydrogens is 306 g/mol. The third-order valence-corrected chi connectivity index (χ3v) is 4.87. The van der Waals surface area contributed by atoms with Crippen LogP contribution in [0.2, 0.25) is 0 Å². The number of rotatable bonds is 3. The Labute approximate surface area is 137 Å². The summed E-state index contributed by atoms with van der Waals surface area (Å²) < 4.78 is 3.55. The Morgan fingerprint density at radius 3 is 2.83 bits per heavy atom. The highest BCUT2D eigenvalue weighted by molar-refractivity contribution is 7.14. The SMILES string of the molecule is C=CCn1cc2c(=O)n(-c3ccc(C)s3)nc-2c2ccccc21. The van der Waals surface area contributed by atoms with Crippen molar-refractivity contribution in [2.24, 2.45) is 0 Å². The van der Waals surface area contributed by atoms with E-state index in [-0.39, 0.29) is 5.56 Å². The third-order valence-electron chi connectivity index (χ3n) is 3.89. The van der Waals surface area contributed by atoms with Crippen molar-refractivity contribution in [3.05, 3.63) is 70.5 Å². The maximum Gasteiger partial charge on any atom is 0.283 e. The fraction of sp³-hybridized carbons (Fsp3) is 0.111. The number of para-hydroxylation sites is 1. The van der Waals surface area contributed by atoms with Crippen LogP contribution in [0.3, 0.4) is 0 Å². The predicted molar refractivity (Wildman–Crippen MR) is 94.8 cm³/mol. The molecule has 1 aromatic heterocycles. The lowest BCUT2D eigenvalue weighted by atomic mass is 10.1. The Hall–Kier alpha value is -2.66. The summed E-state index contributed by atoms with van der Waals surface area (Å²) in [5.74, 6) is 0. The van der Waals surface area contributed by atoms with E-state index >= 15 is 0 Å². The second-order valence-corrected chi connectivity index (χ2v) is 6.72. The zero-order valence-corrected chi connectivity index (χ0v) is 13.5. The zero-order valence-electron chi connectivity index (χ0n) is 12.7. The van der Waals surface area contributed by atoms with Crippen molar-refractivity contribution < 1.29 is 0 Å². The molecule has 0 radical (unpaired) electrons. The first kappa shape index (κ1) is 14.0. The van der Waals surface area contributed by atoms with E-state index in [2.05, 4.69) is 11.7 Å². The second-order valence-electron chi connectivity index (χ2n) is 5.45. The van der Waals surface area contributed by atoms with Crippen LogP contribution in [0.1, 0.15) is 4.88 Å². The van der Waals surface area contributed by atoms with Crippen LogP contribution in [0, 0.1) is 6.92 Å². The van der Waals surface area contributed by atoms with Crippen LogP contribution in [0.4, 0.5) is 0 Å². The normalized spacial score (nSPS) is 11.3. The van der Waals surface area contributed by atoms with E-state index in [4.69, 9.17) is 0 Å². The van der Waals surface area contributed by atoms with Gasteiger partial charge in [-0.15, -0.1) is 17.9 Å². The molecule has 2 aliphatic heterocycles. The average molecular weight is 321 g/mol. The summed E-state index contributed by atoms with van der Waals surface area (Å²) in [7, 11) is 0. The Morgan fingerprint density at radius 1 is 1.26 bits per heavy atom. The number of fused-ring (bicyclic) bond motifs is 3. The minimum atomic E-state index is -0.0783. The van der Waals surface area contributed by atoms with E-state index in [0.29, 0.717) is 12.1 Å². The topological polar surface area (TPSA) is 39.8 Å². The maximum atomic E-state index is 12.8. The number of hydrogen-bond acceptors (Lipinski definition) is 3. The van der Waals surface area contributed by atoms with Crippen LogP contribution in [-0.2, 0) is 6.54 Å². The van der Waals surface area contributed by atoms with Gasteiger partial charge in [0.15, 0.2) is 0 Å². The molecule has 1 aromatic carbocycles. The van der Waals surface area contributed by atoms with Crippen molar-refractivity contribution in [1.82, 2.24) is 14.3 Å². The average Bonchev–Trinajstić information content (AvgIpc) is 3.12. The lowest BCUT2D eigenvalue weighted by molar-refractivity contribution is 0.855. The first-order chi connectivity index (χ1) is 11.2. The Kier molecular flexibility index (Phi) is 3.16. The number of aromatic nitrogens is 3. The second kappa shape index (κ2) is 5.21. The van der Waals surface area contributed by atoms with Gasteiger partial charge in [-0.2, -0.15) is 9.78 Å². The third kappa shape index (κ3) is 2.12. The smallest absolute Gasteiger partial charge is 0.283 e. The highest BCUT2D eigenvalue weighted by atomic mass is 32.1. The van der Waals surface area contributed by atoms with Gasteiger partial charge in [-0.1, -0.05) is 24.3 Å². The summed E-state index contributed by atoms with van der Waals surface area (Å²) in [6, 6.07) is 11.9. The summed E-state index contributed by atoms with van der Waals surface area (Å²) >= 11 is 1.57. The van der Waals surface area contributed by atoms with Crippen molar-refractivity contribution in [3.63, 3.8) is 0 Å². The number of hydrogen-bond donors (Lipinski definition) is 0. The van der Waals surface area contributed by atoms with E-state index in [1.807, 2.05) is 60.2 Å². The molecule has 2 aliphatic rings. The fourth-order valence-corrected chi connectivity index (χ4v) is 3.67. The number of pyridine rings is 1. The van der Waals surface area contributed by atoms with Gasteiger partial charge in [0.1, 0.15) is 10.7 Å². The van der Waals surface area contributed by atoms with Crippen molar-refractivity contribution in [3.8, 4) is 16.3 Å². The highest BCUT2D eigenvalue weighted by Crippen LogP contribution is 2.29. The molecular formula is C18H15N3OS. The van der Waals surface area contributed by atoms with Gasteiger partial charge in [-0.3, -0.25) is 4.79 Å². The van der Waals surface area contributed by atoms with Gasteiger partial charge in [-0.05, 0) is 25.1 Å². The lowest BCUT2D eigenvalue weighted by Gasteiger charge is -2.11. The van der Waals surface area contributed by atoms with E-state index in [9.17, 15) is 4.79 Å². The molecule has 5 heteroatoms. The van der Waals surface area contributed by atoms with Gasteiger partial charge in [0.2, 0.25) is 0 Å². The number of benzene rings is 1.